The van der Waals surface area contributed by atoms with E-state index in [0.29, 0.717) is 0 Å². The molecule has 2 rings (SSSR count). The minimum Gasteiger partial charge on any atom is -0.392 e. The molecule has 0 amide bonds. The van der Waals surface area contributed by atoms with Crippen LogP contribution < -0.4 is 4.90 Å². The monoisotopic (exact) mass is 241 g/mol. The minimum atomic E-state index is 0.124. The lowest BCUT2D eigenvalue weighted by Crippen LogP contribution is -2.37. The Kier molecular flexibility index (Phi) is 2.56. The molecule has 1 saturated heterocycles. The van der Waals surface area contributed by atoms with Crippen LogP contribution in [0.15, 0.2) is 22.7 Å². The molecule has 70 valence electrons. The van der Waals surface area contributed by atoms with Crippen molar-refractivity contribution >= 4 is 21.6 Å². The summed E-state index contributed by atoms with van der Waals surface area (Å²) >= 11 is 3.44. The van der Waals surface area contributed by atoms with E-state index in [-0.39, 0.29) is 6.61 Å². The van der Waals surface area contributed by atoms with Gasteiger partial charge >= 0.3 is 0 Å². The van der Waals surface area contributed by atoms with E-state index in [4.69, 9.17) is 5.11 Å². The molecule has 13 heavy (non-hydrogen) atoms. The average molecular weight is 242 g/mol. The van der Waals surface area contributed by atoms with Crippen LogP contribution in [-0.4, -0.2) is 18.2 Å². The van der Waals surface area contributed by atoms with E-state index in [1.54, 1.807) is 0 Å². The van der Waals surface area contributed by atoms with Crippen molar-refractivity contribution in [3.8, 4) is 0 Å². The zero-order valence-corrected chi connectivity index (χ0v) is 8.92. The molecule has 1 aliphatic heterocycles. The number of anilines is 1. The van der Waals surface area contributed by atoms with Gasteiger partial charge < -0.3 is 10.0 Å². The third-order valence-electron chi connectivity index (χ3n) is 2.41. The number of aliphatic hydroxyl groups is 1. The fraction of sp³-hybridized carbons (Fsp3) is 0.400. The molecule has 0 spiro atoms. The van der Waals surface area contributed by atoms with E-state index < -0.39 is 0 Å². The third-order valence-corrected chi connectivity index (χ3v) is 2.91. The first-order valence-electron chi connectivity index (χ1n) is 4.45. The lowest BCUT2D eigenvalue weighted by Gasteiger charge is -2.34. The SMILES string of the molecule is OCc1ccc(Br)cc1N1CCC1. The first-order chi connectivity index (χ1) is 6.31. The summed E-state index contributed by atoms with van der Waals surface area (Å²) in [6.07, 6.45) is 1.26. The highest BCUT2D eigenvalue weighted by atomic mass is 79.9. The van der Waals surface area contributed by atoms with Crippen LogP contribution in [0.1, 0.15) is 12.0 Å². The Morgan fingerprint density at radius 2 is 2.15 bits per heavy atom. The Bertz CT molecular complexity index is 310. The molecule has 0 aromatic heterocycles. The second-order valence-corrected chi connectivity index (χ2v) is 4.19. The van der Waals surface area contributed by atoms with Crippen molar-refractivity contribution in [3.63, 3.8) is 0 Å². The van der Waals surface area contributed by atoms with Crippen molar-refractivity contribution < 1.29 is 5.11 Å². The number of hydrogen-bond acceptors (Lipinski definition) is 2. The quantitative estimate of drug-likeness (QED) is 0.858. The summed E-state index contributed by atoms with van der Waals surface area (Å²) in [6.45, 7) is 2.35. The second-order valence-electron chi connectivity index (χ2n) is 3.27. The summed E-state index contributed by atoms with van der Waals surface area (Å²) in [5.41, 5.74) is 2.19. The molecule has 1 N–H and O–H groups in total. The molecular weight excluding hydrogens is 230 g/mol. The third kappa shape index (κ3) is 1.71. The minimum absolute atomic E-state index is 0.124. The average Bonchev–Trinajstić information content (AvgIpc) is 2.02. The highest BCUT2D eigenvalue weighted by molar-refractivity contribution is 9.10. The zero-order chi connectivity index (χ0) is 9.26. The van der Waals surface area contributed by atoms with E-state index in [2.05, 4.69) is 26.9 Å². The van der Waals surface area contributed by atoms with E-state index >= 15 is 0 Å². The van der Waals surface area contributed by atoms with E-state index in [9.17, 15) is 0 Å². The smallest absolute Gasteiger partial charge is 0.0702 e. The Balaban J connectivity index is 2.33. The van der Waals surface area contributed by atoms with Crippen LogP contribution in [0.25, 0.3) is 0 Å². The lowest BCUT2D eigenvalue weighted by atomic mass is 10.1. The van der Waals surface area contributed by atoms with Gasteiger partial charge in [-0.1, -0.05) is 22.0 Å². The van der Waals surface area contributed by atoms with Crippen molar-refractivity contribution in [2.45, 2.75) is 13.0 Å². The van der Waals surface area contributed by atoms with Crippen LogP contribution in [0.5, 0.6) is 0 Å². The largest absolute Gasteiger partial charge is 0.392 e. The molecule has 3 heteroatoms. The maximum Gasteiger partial charge on any atom is 0.0702 e. The molecule has 1 heterocycles. The molecule has 1 aromatic rings. The lowest BCUT2D eigenvalue weighted by molar-refractivity contribution is 0.281. The number of nitrogens with zero attached hydrogens (tertiary/aromatic N) is 1. The number of hydrogen-bond donors (Lipinski definition) is 1. The van der Waals surface area contributed by atoms with Crippen LogP contribution in [0, 0.1) is 0 Å². The highest BCUT2D eigenvalue weighted by Crippen LogP contribution is 2.28. The van der Waals surface area contributed by atoms with Crippen molar-refractivity contribution in [3.05, 3.63) is 28.2 Å². The first kappa shape index (κ1) is 9.03. The second kappa shape index (κ2) is 3.68. The van der Waals surface area contributed by atoms with Gasteiger partial charge in [-0.05, 0) is 18.6 Å². The van der Waals surface area contributed by atoms with Crippen molar-refractivity contribution in [2.24, 2.45) is 0 Å². The van der Waals surface area contributed by atoms with Gasteiger partial charge in [-0.15, -0.1) is 0 Å². The molecule has 0 aliphatic carbocycles. The summed E-state index contributed by atoms with van der Waals surface area (Å²) in [4.78, 5) is 2.29. The van der Waals surface area contributed by atoms with Gasteiger partial charge in [0.25, 0.3) is 0 Å². The Hall–Kier alpha value is -0.540. The van der Waals surface area contributed by atoms with Crippen molar-refractivity contribution in [1.82, 2.24) is 0 Å². The van der Waals surface area contributed by atoms with Gasteiger partial charge in [-0.3, -0.25) is 0 Å². The molecule has 2 nitrogen and oxygen atoms in total. The van der Waals surface area contributed by atoms with Crippen LogP contribution in [0.2, 0.25) is 0 Å². The highest BCUT2D eigenvalue weighted by Gasteiger charge is 2.17. The van der Waals surface area contributed by atoms with Crippen LogP contribution >= 0.6 is 15.9 Å². The molecule has 0 unspecified atom stereocenters. The van der Waals surface area contributed by atoms with Crippen molar-refractivity contribution in [2.75, 3.05) is 18.0 Å². The fourth-order valence-corrected chi connectivity index (χ4v) is 1.87. The maximum atomic E-state index is 9.14. The summed E-state index contributed by atoms with van der Waals surface area (Å²) in [5, 5.41) is 9.14. The number of halogens is 1. The van der Waals surface area contributed by atoms with Gasteiger partial charge in [0.2, 0.25) is 0 Å². The molecule has 0 saturated carbocycles. The molecule has 1 fully saturated rings. The summed E-state index contributed by atoms with van der Waals surface area (Å²) in [5.74, 6) is 0. The predicted molar refractivity (Wildman–Crippen MR) is 56.9 cm³/mol. The predicted octanol–water partition coefficient (Wildman–Crippen LogP) is 2.15. The van der Waals surface area contributed by atoms with Crippen molar-refractivity contribution in [1.29, 1.82) is 0 Å². The van der Waals surface area contributed by atoms with Gasteiger partial charge in [-0.25, -0.2) is 0 Å². The van der Waals surface area contributed by atoms with Crippen LogP contribution in [0.3, 0.4) is 0 Å². The summed E-state index contributed by atoms with van der Waals surface area (Å²) in [6, 6.07) is 6.01. The van der Waals surface area contributed by atoms with Gasteiger partial charge in [0.15, 0.2) is 0 Å². The first-order valence-corrected chi connectivity index (χ1v) is 5.25. The van der Waals surface area contributed by atoms with E-state index in [1.165, 1.54) is 12.1 Å². The summed E-state index contributed by atoms with van der Waals surface area (Å²) in [7, 11) is 0. The molecular formula is C10H12BrNO. The standard InChI is InChI=1S/C10H12BrNO/c11-9-3-2-8(7-13)10(6-9)12-4-1-5-12/h2-3,6,13H,1,4-5,7H2. The van der Waals surface area contributed by atoms with Gasteiger partial charge in [-0.2, -0.15) is 0 Å². The van der Waals surface area contributed by atoms with E-state index in [1.807, 2.05) is 12.1 Å². The maximum absolute atomic E-state index is 9.14. The van der Waals surface area contributed by atoms with Crippen LogP contribution in [0.4, 0.5) is 5.69 Å². The number of rotatable bonds is 2. The fourth-order valence-electron chi connectivity index (χ4n) is 1.52. The van der Waals surface area contributed by atoms with Crippen LogP contribution in [-0.2, 0) is 6.61 Å². The molecule has 1 aliphatic rings. The number of benzene rings is 1. The zero-order valence-electron chi connectivity index (χ0n) is 7.33. The van der Waals surface area contributed by atoms with E-state index in [0.717, 1.165) is 23.1 Å². The van der Waals surface area contributed by atoms with Gasteiger partial charge in [0.05, 0.1) is 6.61 Å². The Morgan fingerprint density at radius 3 is 2.69 bits per heavy atom. The summed E-state index contributed by atoms with van der Waals surface area (Å²) < 4.78 is 1.08. The molecule has 0 atom stereocenters. The van der Waals surface area contributed by atoms with Gasteiger partial charge in [0.1, 0.15) is 0 Å². The van der Waals surface area contributed by atoms with Gasteiger partial charge in [0, 0.05) is 28.8 Å². The molecule has 0 radical (unpaired) electrons. The Labute approximate surface area is 86.3 Å². The number of aliphatic hydroxyl groups excluding tert-OH is 1. The molecule has 0 bridgehead atoms. The Morgan fingerprint density at radius 1 is 1.38 bits per heavy atom. The normalized spacial score (nSPS) is 15.7. The molecule has 1 aromatic carbocycles. The topological polar surface area (TPSA) is 23.5 Å².